The van der Waals surface area contributed by atoms with E-state index in [1.54, 1.807) is 6.20 Å². The molecule has 0 spiro atoms. The number of aldehydes is 1. The molecule has 0 bridgehead atoms. The van der Waals surface area contributed by atoms with Crippen molar-refractivity contribution in [3.63, 3.8) is 0 Å². The predicted molar refractivity (Wildman–Crippen MR) is 106 cm³/mol. The molecule has 4 rings (SSSR count). The number of fused-ring (bicyclic) bond motifs is 1. The molecule has 0 radical (unpaired) electrons. The van der Waals surface area contributed by atoms with Gasteiger partial charge in [-0.1, -0.05) is 72.8 Å². The lowest BCUT2D eigenvalue weighted by Crippen LogP contribution is -2.47. The average molecular weight is 337 g/mol. The lowest BCUT2D eigenvalue weighted by Gasteiger charge is -2.18. The summed E-state index contributed by atoms with van der Waals surface area (Å²) >= 11 is 0. The Morgan fingerprint density at radius 3 is 2.27 bits per heavy atom. The number of benzene rings is 3. The average Bonchev–Trinajstić information content (AvgIpc) is 2.73. The molecule has 0 amide bonds. The summed E-state index contributed by atoms with van der Waals surface area (Å²) in [4.78, 5) is 15.4. The summed E-state index contributed by atoms with van der Waals surface area (Å²) in [6.45, 7) is -0.287. The molecule has 1 heterocycles. The van der Waals surface area contributed by atoms with Crippen LogP contribution in [0, 0.1) is 0 Å². The molecule has 124 valence electrons. The van der Waals surface area contributed by atoms with E-state index >= 15 is 0 Å². The third-order valence-corrected chi connectivity index (χ3v) is 4.32. The molecule has 1 aromatic heterocycles. The van der Waals surface area contributed by atoms with E-state index in [0.29, 0.717) is 5.56 Å². The molecule has 0 aliphatic heterocycles. The Morgan fingerprint density at radius 2 is 1.50 bits per heavy atom. The van der Waals surface area contributed by atoms with Crippen molar-refractivity contribution >= 4 is 35.0 Å². The molecule has 26 heavy (non-hydrogen) atoms. The first-order valence-corrected chi connectivity index (χ1v) is 8.45. The van der Waals surface area contributed by atoms with Gasteiger partial charge in [-0.3, -0.25) is 9.78 Å². The van der Waals surface area contributed by atoms with E-state index in [0.717, 1.165) is 33.9 Å². The minimum Gasteiger partial charge on any atom is -0.550 e. The van der Waals surface area contributed by atoms with Gasteiger partial charge in [0, 0.05) is 17.1 Å². The SMILES string of the molecule is O=Cc1ccc(B(Oc2cccc3cccnc23)c2ccccc2)cc1. The van der Waals surface area contributed by atoms with E-state index < -0.39 is 0 Å². The Bertz CT molecular complexity index is 1030. The van der Waals surface area contributed by atoms with Crippen molar-refractivity contribution in [1.29, 1.82) is 0 Å². The highest BCUT2D eigenvalue weighted by atomic mass is 16.4. The molecule has 0 atom stereocenters. The van der Waals surface area contributed by atoms with Gasteiger partial charge in [0.1, 0.15) is 17.6 Å². The van der Waals surface area contributed by atoms with Gasteiger partial charge >= 0.3 is 6.92 Å². The van der Waals surface area contributed by atoms with Crippen LogP contribution in [0.3, 0.4) is 0 Å². The van der Waals surface area contributed by atoms with Gasteiger partial charge in [0.05, 0.1) is 0 Å². The maximum atomic E-state index is 11.0. The number of hydrogen-bond acceptors (Lipinski definition) is 3. The first-order valence-electron chi connectivity index (χ1n) is 8.45. The summed E-state index contributed by atoms with van der Waals surface area (Å²) in [5.41, 5.74) is 3.50. The normalized spacial score (nSPS) is 10.5. The number of hydrogen-bond donors (Lipinski definition) is 0. The smallest absolute Gasteiger partial charge is 0.426 e. The molecular weight excluding hydrogens is 321 g/mol. The standard InChI is InChI=1S/C22H16BNO2/c25-16-17-11-13-20(14-12-17)23(19-8-2-1-3-9-19)26-21-10-4-6-18-7-5-15-24-22(18)21/h1-16H. The summed E-state index contributed by atoms with van der Waals surface area (Å²) in [7, 11) is 0. The second-order valence-corrected chi connectivity index (χ2v) is 6.02. The van der Waals surface area contributed by atoms with E-state index in [1.807, 2.05) is 84.9 Å². The highest BCUT2D eigenvalue weighted by Crippen LogP contribution is 2.23. The van der Waals surface area contributed by atoms with E-state index in [1.165, 1.54) is 0 Å². The number of pyridine rings is 1. The van der Waals surface area contributed by atoms with Crippen LogP contribution in [-0.4, -0.2) is 18.2 Å². The van der Waals surface area contributed by atoms with Gasteiger partial charge in [0.2, 0.25) is 0 Å². The summed E-state index contributed by atoms with van der Waals surface area (Å²) < 4.78 is 6.42. The van der Waals surface area contributed by atoms with Gasteiger partial charge in [0.15, 0.2) is 0 Å². The van der Waals surface area contributed by atoms with Crippen molar-refractivity contribution in [2.24, 2.45) is 0 Å². The summed E-state index contributed by atoms with van der Waals surface area (Å²) in [6.07, 6.45) is 2.61. The lowest BCUT2D eigenvalue weighted by atomic mass is 9.55. The van der Waals surface area contributed by atoms with Gasteiger partial charge < -0.3 is 4.65 Å². The molecule has 0 aliphatic rings. The highest BCUT2D eigenvalue weighted by molar-refractivity contribution is 6.80. The molecule has 0 aliphatic carbocycles. The van der Waals surface area contributed by atoms with Crippen LogP contribution in [0.1, 0.15) is 10.4 Å². The number of carbonyl (C=O) groups is 1. The fourth-order valence-electron chi connectivity index (χ4n) is 3.00. The predicted octanol–water partition coefficient (Wildman–Crippen LogP) is 3.23. The van der Waals surface area contributed by atoms with Crippen LogP contribution in [-0.2, 0) is 0 Å². The number of para-hydroxylation sites is 1. The van der Waals surface area contributed by atoms with Crippen molar-refractivity contribution in [3.8, 4) is 5.75 Å². The minimum absolute atomic E-state index is 0.287. The van der Waals surface area contributed by atoms with Gasteiger partial charge in [-0.05, 0) is 23.1 Å². The molecule has 4 heteroatoms. The Labute approximate surface area is 152 Å². The largest absolute Gasteiger partial charge is 0.550 e. The number of aromatic nitrogens is 1. The zero-order chi connectivity index (χ0) is 17.8. The Balaban J connectivity index is 1.78. The molecule has 0 saturated heterocycles. The van der Waals surface area contributed by atoms with E-state index in [-0.39, 0.29) is 6.92 Å². The molecule has 3 aromatic carbocycles. The van der Waals surface area contributed by atoms with Crippen molar-refractivity contribution in [2.75, 3.05) is 0 Å². The fourth-order valence-corrected chi connectivity index (χ4v) is 3.00. The van der Waals surface area contributed by atoms with Crippen molar-refractivity contribution in [2.45, 2.75) is 0 Å². The van der Waals surface area contributed by atoms with Crippen LogP contribution < -0.4 is 15.6 Å². The van der Waals surface area contributed by atoms with Gasteiger partial charge in [-0.15, -0.1) is 0 Å². The second kappa shape index (κ2) is 7.24. The van der Waals surface area contributed by atoms with Gasteiger partial charge in [-0.25, -0.2) is 0 Å². The highest BCUT2D eigenvalue weighted by Gasteiger charge is 2.24. The first-order chi connectivity index (χ1) is 12.8. The summed E-state index contributed by atoms with van der Waals surface area (Å²) in [6, 6.07) is 27.4. The molecule has 0 saturated carbocycles. The Kier molecular flexibility index (Phi) is 4.48. The number of carbonyl (C=O) groups excluding carboxylic acids is 1. The topological polar surface area (TPSA) is 39.2 Å². The van der Waals surface area contributed by atoms with Crippen LogP contribution in [0.15, 0.2) is 91.1 Å². The van der Waals surface area contributed by atoms with Crippen LogP contribution in [0.5, 0.6) is 5.75 Å². The fraction of sp³-hybridized carbons (Fsp3) is 0. The van der Waals surface area contributed by atoms with Crippen molar-refractivity contribution < 1.29 is 9.45 Å². The maximum absolute atomic E-state index is 11.0. The zero-order valence-electron chi connectivity index (χ0n) is 14.1. The van der Waals surface area contributed by atoms with Crippen LogP contribution in [0.2, 0.25) is 0 Å². The first kappa shape index (κ1) is 16.1. The lowest BCUT2D eigenvalue weighted by molar-refractivity contribution is 0.112. The van der Waals surface area contributed by atoms with Crippen LogP contribution in [0.25, 0.3) is 10.9 Å². The third-order valence-electron chi connectivity index (χ3n) is 4.32. The summed E-state index contributed by atoms with van der Waals surface area (Å²) in [5, 5.41) is 1.04. The second-order valence-electron chi connectivity index (χ2n) is 6.02. The van der Waals surface area contributed by atoms with Crippen LogP contribution in [0.4, 0.5) is 0 Å². The Morgan fingerprint density at radius 1 is 0.769 bits per heavy atom. The maximum Gasteiger partial charge on any atom is 0.426 e. The number of nitrogens with zero attached hydrogens (tertiary/aromatic N) is 1. The molecule has 0 N–H and O–H groups in total. The molecule has 4 aromatic rings. The summed E-state index contributed by atoms with van der Waals surface area (Å²) in [5.74, 6) is 0.733. The minimum atomic E-state index is -0.287. The molecule has 3 nitrogen and oxygen atoms in total. The molecular formula is C22H16BNO2. The zero-order valence-corrected chi connectivity index (χ0v) is 14.1. The molecule has 0 fully saturated rings. The van der Waals surface area contributed by atoms with Crippen molar-refractivity contribution in [1.82, 2.24) is 4.98 Å². The third kappa shape index (κ3) is 3.22. The van der Waals surface area contributed by atoms with Gasteiger partial charge in [-0.2, -0.15) is 0 Å². The van der Waals surface area contributed by atoms with E-state index in [4.69, 9.17) is 4.65 Å². The Hall–Kier alpha value is -3.40. The van der Waals surface area contributed by atoms with E-state index in [2.05, 4.69) is 4.98 Å². The monoisotopic (exact) mass is 337 g/mol. The molecule has 0 unspecified atom stereocenters. The quantitative estimate of drug-likeness (QED) is 0.415. The van der Waals surface area contributed by atoms with E-state index in [9.17, 15) is 4.79 Å². The van der Waals surface area contributed by atoms with Gasteiger partial charge in [0.25, 0.3) is 0 Å². The van der Waals surface area contributed by atoms with Crippen molar-refractivity contribution in [3.05, 3.63) is 96.7 Å². The van der Waals surface area contributed by atoms with Crippen LogP contribution >= 0.6 is 0 Å². The number of rotatable bonds is 5.